The first kappa shape index (κ1) is 33.7. The molecule has 4 aromatic carbocycles. The maximum atomic E-state index is 13.5. The van der Waals surface area contributed by atoms with E-state index >= 15 is 0 Å². The standard InChI is InChI=1S/C39H42N4O3S/c1-24(2)27-15-19-29(20-16-27)34-26(5)11-10-14-32(34)37(45)42-39-40-33(23-47-39)28-17-21-31(22-18-28)36(44)41-35(30-12-8-7-9-13-30)38(46)43(6)25(3)4/h7-22,24-25,33,35H,23H2,1-6H3,(H,41,44)(H,40,42,45)/t33?,35-/m0/s1. The van der Waals surface area contributed by atoms with Gasteiger partial charge in [-0.05, 0) is 78.3 Å². The summed E-state index contributed by atoms with van der Waals surface area (Å²) in [7, 11) is 1.74. The van der Waals surface area contributed by atoms with Crippen LogP contribution in [-0.4, -0.2) is 46.6 Å². The Balaban J connectivity index is 1.28. The summed E-state index contributed by atoms with van der Waals surface area (Å²) in [6.45, 7) is 10.2. The van der Waals surface area contributed by atoms with Gasteiger partial charge in [0.05, 0.1) is 6.04 Å². The summed E-state index contributed by atoms with van der Waals surface area (Å²) >= 11 is 1.50. The van der Waals surface area contributed by atoms with Crippen molar-refractivity contribution in [1.82, 2.24) is 15.5 Å². The number of nitrogens with zero attached hydrogens (tertiary/aromatic N) is 2. The monoisotopic (exact) mass is 646 g/mol. The van der Waals surface area contributed by atoms with Gasteiger partial charge >= 0.3 is 0 Å². The second-order valence-electron chi connectivity index (χ2n) is 12.5. The molecule has 0 bridgehead atoms. The van der Waals surface area contributed by atoms with Crippen LogP contribution in [0.5, 0.6) is 0 Å². The molecule has 47 heavy (non-hydrogen) atoms. The fourth-order valence-corrected chi connectivity index (χ4v) is 6.46. The minimum Gasteiger partial charge on any atom is -0.341 e. The van der Waals surface area contributed by atoms with Crippen molar-refractivity contribution in [1.29, 1.82) is 0 Å². The molecular formula is C39H42N4O3S. The third-order valence-electron chi connectivity index (χ3n) is 8.59. The van der Waals surface area contributed by atoms with Crippen molar-refractivity contribution in [3.8, 4) is 11.1 Å². The molecule has 0 aromatic heterocycles. The third kappa shape index (κ3) is 7.83. The van der Waals surface area contributed by atoms with Crippen molar-refractivity contribution >= 4 is 34.7 Å². The lowest BCUT2D eigenvalue weighted by Gasteiger charge is -2.27. The number of carbonyl (C=O) groups excluding carboxylic acids is 3. The highest BCUT2D eigenvalue weighted by molar-refractivity contribution is 8.14. The highest BCUT2D eigenvalue weighted by atomic mass is 32.2. The number of nitrogens with one attached hydrogen (secondary N) is 2. The van der Waals surface area contributed by atoms with Crippen molar-refractivity contribution in [3.05, 3.63) is 130 Å². The highest BCUT2D eigenvalue weighted by Crippen LogP contribution is 2.32. The molecular weight excluding hydrogens is 605 g/mol. The van der Waals surface area contributed by atoms with E-state index in [4.69, 9.17) is 4.99 Å². The number of rotatable bonds is 9. The number of likely N-dealkylation sites (N-methyl/N-ethyl adjacent to an activating group) is 1. The van der Waals surface area contributed by atoms with Gasteiger partial charge in [0.1, 0.15) is 6.04 Å². The number of amides is 3. The maximum absolute atomic E-state index is 13.5. The zero-order valence-electron chi connectivity index (χ0n) is 27.8. The molecule has 2 atom stereocenters. The van der Waals surface area contributed by atoms with Crippen LogP contribution < -0.4 is 10.6 Å². The average molecular weight is 647 g/mol. The fourth-order valence-electron chi connectivity index (χ4n) is 5.51. The summed E-state index contributed by atoms with van der Waals surface area (Å²) in [5.41, 5.74) is 6.93. The molecule has 242 valence electrons. The smallest absolute Gasteiger partial charge is 0.257 e. The molecule has 0 radical (unpaired) electrons. The van der Waals surface area contributed by atoms with Crippen molar-refractivity contribution < 1.29 is 14.4 Å². The molecule has 7 nitrogen and oxygen atoms in total. The number of amidine groups is 1. The van der Waals surface area contributed by atoms with E-state index < -0.39 is 6.04 Å². The summed E-state index contributed by atoms with van der Waals surface area (Å²) in [4.78, 5) is 46.5. The van der Waals surface area contributed by atoms with Crippen LogP contribution in [0.1, 0.15) is 88.7 Å². The number of hydrogen-bond donors (Lipinski definition) is 2. The first-order valence-electron chi connectivity index (χ1n) is 16.0. The molecule has 5 rings (SSSR count). The van der Waals surface area contributed by atoms with Crippen LogP contribution in [0.15, 0.2) is 102 Å². The predicted octanol–water partition coefficient (Wildman–Crippen LogP) is 7.70. The molecule has 1 aliphatic heterocycles. The Morgan fingerprint density at radius 1 is 0.809 bits per heavy atom. The van der Waals surface area contributed by atoms with Crippen LogP contribution in [0.3, 0.4) is 0 Å². The molecule has 1 unspecified atom stereocenters. The van der Waals surface area contributed by atoms with Gasteiger partial charge in [-0.15, -0.1) is 0 Å². The molecule has 0 spiro atoms. The van der Waals surface area contributed by atoms with E-state index in [1.165, 1.54) is 17.3 Å². The molecule has 0 saturated heterocycles. The quantitative estimate of drug-likeness (QED) is 0.195. The van der Waals surface area contributed by atoms with E-state index in [1.54, 1.807) is 24.1 Å². The van der Waals surface area contributed by atoms with E-state index in [0.29, 0.717) is 28.0 Å². The van der Waals surface area contributed by atoms with Crippen LogP contribution in [-0.2, 0) is 4.79 Å². The molecule has 1 aliphatic rings. The van der Waals surface area contributed by atoms with Gasteiger partial charge < -0.3 is 15.5 Å². The van der Waals surface area contributed by atoms with Crippen LogP contribution in [0.25, 0.3) is 11.1 Å². The summed E-state index contributed by atoms with van der Waals surface area (Å²) in [6.07, 6.45) is 0. The minimum absolute atomic E-state index is 0.00905. The van der Waals surface area contributed by atoms with Gasteiger partial charge in [-0.25, -0.2) is 0 Å². The molecule has 4 aromatic rings. The fraction of sp³-hybridized carbons (Fsp3) is 0.282. The second kappa shape index (κ2) is 14.8. The number of carbonyl (C=O) groups is 3. The van der Waals surface area contributed by atoms with Crippen molar-refractivity contribution in [2.75, 3.05) is 12.8 Å². The van der Waals surface area contributed by atoms with Gasteiger partial charge in [-0.1, -0.05) is 104 Å². The molecule has 3 amide bonds. The lowest BCUT2D eigenvalue weighted by molar-refractivity contribution is -0.133. The number of thioether (sulfide) groups is 1. The summed E-state index contributed by atoms with van der Waals surface area (Å²) in [5.74, 6) is 0.402. The summed E-state index contributed by atoms with van der Waals surface area (Å²) in [5, 5.41) is 6.54. The third-order valence-corrected chi connectivity index (χ3v) is 9.55. The number of benzene rings is 4. The highest BCUT2D eigenvalue weighted by Gasteiger charge is 2.28. The number of aliphatic imine (C=N–C) groups is 1. The van der Waals surface area contributed by atoms with Gasteiger partial charge in [0.25, 0.3) is 11.8 Å². The molecule has 1 heterocycles. The lowest BCUT2D eigenvalue weighted by Crippen LogP contribution is -2.43. The van der Waals surface area contributed by atoms with E-state index in [-0.39, 0.29) is 29.8 Å². The zero-order chi connectivity index (χ0) is 33.7. The van der Waals surface area contributed by atoms with Crippen LogP contribution >= 0.6 is 11.8 Å². The van der Waals surface area contributed by atoms with E-state index in [1.807, 2.05) is 81.4 Å². The molecule has 0 aliphatic carbocycles. The van der Waals surface area contributed by atoms with E-state index in [0.717, 1.165) is 27.8 Å². The van der Waals surface area contributed by atoms with Gasteiger partial charge in [0, 0.05) is 30.0 Å². The largest absolute Gasteiger partial charge is 0.341 e. The molecule has 0 fully saturated rings. The van der Waals surface area contributed by atoms with Crippen LogP contribution in [0, 0.1) is 6.92 Å². The van der Waals surface area contributed by atoms with Crippen LogP contribution in [0.4, 0.5) is 0 Å². The first-order valence-corrected chi connectivity index (χ1v) is 17.0. The second-order valence-corrected chi connectivity index (χ2v) is 13.5. The van der Waals surface area contributed by atoms with Gasteiger partial charge in [-0.3, -0.25) is 19.4 Å². The Morgan fingerprint density at radius 2 is 1.49 bits per heavy atom. The van der Waals surface area contributed by atoms with E-state index in [9.17, 15) is 14.4 Å². The summed E-state index contributed by atoms with van der Waals surface area (Å²) in [6, 6.07) is 29.8. The Labute approximate surface area is 281 Å². The topological polar surface area (TPSA) is 90.9 Å². The summed E-state index contributed by atoms with van der Waals surface area (Å²) < 4.78 is 0. The normalized spacial score (nSPS) is 14.9. The van der Waals surface area contributed by atoms with E-state index in [2.05, 4.69) is 48.7 Å². The van der Waals surface area contributed by atoms with Crippen molar-refractivity contribution in [2.45, 2.75) is 58.7 Å². The maximum Gasteiger partial charge on any atom is 0.257 e. The van der Waals surface area contributed by atoms with Gasteiger partial charge in [0.15, 0.2) is 5.17 Å². The zero-order valence-corrected chi connectivity index (χ0v) is 28.6. The molecule has 8 heteroatoms. The van der Waals surface area contributed by atoms with Crippen LogP contribution in [0.2, 0.25) is 0 Å². The Morgan fingerprint density at radius 3 is 2.13 bits per heavy atom. The average Bonchev–Trinajstić information content (AvgIpc) is 3.55. The number of hydrogen-bond acceptors (Lipinski definition) is 5. The predicted molar refractivity (Wildman–Crippen MR) is 192 cm³/mol. The molecule has 0 saturated carbocycles. The Bertz CT molecular complexity index is 1770. The van der Waals surface area contributed by atoms with Gasteiger partial charge in [0.2, 0.25) is 5.91 Å². The molecule has 2 N–H and O–H groups in total. The van der Waals surface area contributed by atoms with Crippen molar-refractivity contribution in [3.63, 3.8) is 0 Å². The van der Waals surface area contributed by atoms with Crippen molar-refractivity contribution in [2.24, 2.45) is 4.99 Å². The Hall–Kier alpha value is -4.69. The Kier molecular flexibility index (Phi) is 10.6. The first-order chi connectivity index (χ1) is 22.5. The number of aryl methyl sites for hydroxylation is 1. The lowest BCUT2D eigenvalue weighted by atomic mass is 9.92. The minimum atomic E-state index is -0.800. The van der Waals surface area contributed by atoms with Gasteiger partial charge in [-0.2, -0.15) is 0 Å². The SMILES string of the molecule is Cc1cccc(C(=O)NC2=NC(c3ccc(C(=O)N[C@H](C(=O)N(C)C(C)C)c4ccccc4)cc3)CS2)c1-c1ccc(C(C)C)cc1.